The van der Waals surface area contributed by atoms with E-state index < -0.39 is 0 Å². The average Bonchev–Trinajstić information content (AvgIpc) is 3.47. The van der Waals surface area contributed by atoms with Crippen LogP contribution in [0.25, 0.3) is 17.1 Å². The molecule has 3 aromatic rings. The van der Waals surface area contributed by atoms with E-state index in [2.05, 4.69) is 20.3 Å². The second-order valence-electron chi connectivity index (χ2n) is 7.37. The number of carbonyl (C=O) groups excluding carboxylic acids is 1. The summed E-state index contributed by atoms with van der Waals surface area (Å²) >= 11 is 0. The number of likely N-dealkylation sites (N-methyl/N-ethyl adjacent to an activating group) is 1. The van der Waals surface area contributed by atoms with E-state index in [1.165, 1.54) is 0 Å². The van der Waals surface area contributed by atoms with Gasteiger partial charge in [-0.05, 0) is 30.7 Å². The Bertz CT molecular complexity index is 975. The zero-order valence-electron chi connectivity index (χ0n) is 17.7. The highest BCUT2D eigenvalue weighted by Gasteiger charge is 2.12. The first-order chi connectivity index (χ1) is 15.2. The minimum Gasteiger partial charge on any atom is -0.494 e. The number of nitrogens with one attached hydrogen (secondary N) is 1. The van der Waals surface area contributed by atoms with Crippen molar-refractivity contribution in [3.63, 3.8) is 0 Å². The number of rotatable bonds is 9. The number of imidazole rings is 1. The number of nitrogens with zero attached hydrogens (tertiary/aromatic N) is 5. The Kier molecular flexibility index (Phi) is 6.96. The van der Waals surface area contributed by atoms with Crippen molar-refractivity contribution in [2.24, 2.45) is 0 Å². The Balaban J connectivity index is 1.34. The molecular formula is C22H28N6O3. The molecule has 1 fully saturated rings. The van der Waals surface area contributed by atoms with Crippen molar-refractivity contribution >= 4 is 5.91 Å². The van der Waals surface area contributed by atoms with Crippen LogP contribution in [0, 0.1) is 0 Å². The minimum atomic E-state index is -0.0963. The summed E-state index contributed by atoms with van der Waals surface area (Å²) in [5.74, 6) is 1.56. The molecule has 164 valence electrons. The molecule has 9 nitrogen and oxygen atoms in total. The Morgan fingerprint density at radius 1 is 1.23 bits per heavy atom. The molecule has 31 heavy (non-hydrogen) atoms. The molecule has 0 atom stereocenters. The topological polar surface area (TPSA) is 86.4 Å². The lowest BCUT2D eigenvalue weighted by molar-refractivity contribution is -0.121. The van der Waals surface area contributed by atoms with Gasteiger partial charge >= 0.3 is 0 Å². The van der Waals surface area contributed by atoms with Crippen molar-refractivity contribution in [1.29, 1.82) is 0 Å². The van der Waals surface area contributed by atoms with E-state index in [0.29, 0.717) is 6.61 Å². The molecule has 0 spiro atoms. The van der Waals surface area contributed by atoms with E-state index >= 15 is 0 Å². The number of aromatic nitrogens is 4. The number of hydrogen-bond acceptors (Lipinski definition) is 6. The van der Waals surface area contributed by atoms with Crippen LogP contribution in [0.3, 0.4) is 0 Å². The minimum absolute atomic E-state index is 0.0963. The molecule has 4 rings (SSSR count). The number of hydrogen-bond donors (Lipinski definition) is 1. The van der Waals surface area contributed by atoms with Gasteiger partial charge in [0.1, 0.15) is 18.1 Å². The van der Waals surface area contributed by atoms with Gasteiger partial charge in [-0.15, -0.1) is 0 Å². The van der Waals surface area contributed by atoms with Crippen LogP contribution in [0.2, 0.25) is 0 Å². The first-order valence-corrected chi connectivity index (χ1v) is 10.5. The molecule has 0 bridgehead atoms. The molecule has 0 unspecified atom stereocenters. The molecule has 1 saturated heterocycles. The van der Waals surface area contributed by atoms with Gasteiger partial charge in [-0.2, -0.15) is 5.10 Å². The second kappa shape index (κ2) is 10.2. The standard InChI is InChI=1S/C22H28N6O3/c1-23-21(29)17-27-16-19(15-25-27)28-9-7-24-22(28)18-3-5-20(6-4-18)31-12-2-8-26-10-13-30-14-11-26/h3-7,9,15-16H,2,8,10-14,17H2,1H3,(H,23,29). The summed E-state index contributed by atoms with van der Waals surface area (Å²) < 4.78 is 14.8. The van der Waals surface area contributed by atoms with Crippen LogP contribution in [0.4, 0.5) is 0 Å². The maximum absolute atomic E-state index is 11.6. The van der Waals surface area contributed by atoms with Gasteiger partial charge in [0, 0.05) is 50.8 Å². The van der Waals surface area contributed by atoms with E-state index in [0.717, 1.165) is 62.1 Å². The summed E-state index contributed by atoms with van der Waals surface area (Å²) in [6.07, 6.45) is 8.17. The van der Waals surface area contributed by atoms with Crippen molar-refractivity contribution in [1.82, 2.24) is 29.5 Å². The van der Waals surface area contributed by atoms with Crippen molar-refractivity contribution in [3.8, 4) is 22.8 Å². The lowest BCUT2D eigenvalue weighted by Crippen LogP contribution is -2.37. The summed E-state index contributed by atoms with van der Waals surface area (Å²) in [6, 6.07) is 7.95. The third-order valence-electron chi connectivity index (χ3n) is 5.23. The van der Waals surface area contributed by atoms with E-state index in [9.17, 15) is 4.79 Å². The molecule has 1 aliphatic heterocycles. The number of carbonyl (C=O) groups is 1. The smallest absolute Gasteiger partial charge is 0.241 e. The quantitative estimate of drug-likeness (QED) is 0.525. The van der Waals surface area contributed by atoms with Crippen LogP contribution in [0.5, 0.6) is 5.75 Å². The molecule has 3 heterocycles. The number of morpholine rings is 1. The first-order valence-electron chi connectivity index (χ1n) is 10.5. The van der Waals surface area contributed by atoms with Crippen molar-refractivity contribution in [2.45, 2.75) is 13.0 Å². The molecule has 0 radical (unpaired) electrons. The lowest BCUT2D eigenvalue weighted by Gasteiger charge is -2.26. The molecule has 0 saturated carbocycles. The predicted octanol–water partition coefficient (Wildman–Crippen LogP) is 1.58. The first kappa shape index (κ1) is 21.1. The fourth-order valence-electron chi connectivity index (χ4n) is 3.52. The maximum atomic E-state index is 11.6. The number of benzene rings is 1. The van der Waals surface area contributed by atoms with Gasteiger partial charge in [0.2, 0.25) is 5.91 Å². The molecule has 0 aliphatic carbocycles. The normalized spacial score (nSPS) is 14.5. The van der Waals surface area contributed by atoms with Gasteiger partial charge in [0.15, 0.2) is 0 Å². The molecular weight excluding hydrogens is 396 g/mol. The molecule has 9 heteroatoms. The SMILES string of the molecule is CNC(=O)Cn1cc(-n2ccnc2-c2ccc(OCCCN3CCOCC3)cc2)cn1. The van der Waals surface area contributed by atoms with Crippen LogP contribution in [0.1, 0.15) is 6.42 Å². The molecule has 1 aromatic carbocycles. The van der Waals surface area contributed by atoms with E-state index in [1.807, 2.05) is 41.2 Å². The summed E-state index contributed by atoms with van der Waals surface area (Å²) in [5, 5.41) is 6.86. The predicted molar refractivity (Wildman–Crippen MR) is 116 cm³/mol. The highest BCUT2D eigenvalue weighted by molar-refractivity contribution is 5.75. The third kappa shape index (κ3) is 5.50. The van der Waals surface area contributed by atoms with Crippen LogP contribution in [-0.2, 0) is 16.1 Å². The molecule has 2 aromatic heterocycles. The highest BCUT2D eigenvalue weighted by atomic mass is 16.5. The fourth-order valence-corrected chi connectivity index (χ4v) is 3.52. The largest absolute Gasteiger partial charge is 0.494 e. The van der Waals surface area contributed by atoms with Crippen LogP contribution in [0.15, 0.2) is 49.1 Å². The van der Waals surface area contributed by atoms with Gasteiger partial charge in [-0.1, -0.05) is 0 Å². The van der Waals surface area contributed by atoms with Crippen molar-refractivity contribution in [2.75, 3.05) is 46.5 Å². The van der Waals surface area contributed by atoms with Crippen LogP contribution >= 0.6 is 0 Å². The zero-order chi connectivity index (χ0) is 21.5. The Hall–Kier alpha value is -3.17. The van der Waals surface area contributed by atoms with Crippen molar-refractivity contribution in [3.05, 3.63) is 49.1 Å². The van der Waals surface area contributed by atoms with Gasteiger partial charge < -0.3 is 14.8 Å². The maximum Gasteiger partial charge on any atom is 0.241 e. The van der Waals surface area contributed by atoms with Gasteiger partial charge in [-0.25, -0.2) is 4.98 Å². The van der Waals surface area contributed by atoms with Crippen LogP contribution in [-0.4, -0.2) is 76.6 Å². The summed E-state index contributed by atoms with van der Waals surface area (Å²) in [6.45, 7) is 5.57. The Labute approximate surface area is 181 Å². The van der Waals surface area contributed by atoms with E-state index in [-0.39, 0.29) is 12.5 Å². The number of ether oxygens (including phenoxy) is 2. The van der Waals surface area contributed by atoms with E-state index in [1.54, 1.807) is 24.1 Å². The average molecular weight is 425 g/mol. The molecule has 1 N–H and O–H groups in total. The van der Waals surface area contributed by atoms with Crippen molar-refractivity contribution < 1.29 is 14.3 Å². The Morgan fingerprint density at radius 2 is 2.03 bits per heavy atom. The molecule has 1 amide bonds. The Morgan fingerprint density at radius 3 is 2.81 bits per heavy atom. The summed E-state index contributed by atoms with van der Waals surface area (Å²) in [7, 11) is 1.61. The zero-order valence-corrected chi connectivity index (χ0v) is 17.7. The number of amides is 1. The highest BCUT2D eigenvalue weighted by Crippen LogP contribution is 2.24. The van der Waals surface area contributed by atoms with Gasteiger partial charge in [0.25, 0.3) is 0 Å². The molecule has 1 aliphatic rings. The monoisotopic (exact) mass is 424 g/mol. The van der Waals surface area contributed by atoms with Gasteiger partial charge in [0.05, 0.1) is 31.7 Å². The van der Waals surface area contributed by atoms with Crippen LogP contribution < -0.4 is 10.1 Å². The fraction of sp³-hybridized carbons (Fsp3) is 0.409. The second-order valence-corrected chi connectivity index (χ2v) is 7.37. The van der Waals surface area contributed by atoms with Gasteiger partial charge in [-0.3, -0.25) is 18.9 Å². The summed E-state index contributed by atoms with van der Waals surface area (Å²) in [4.78, 5) is 18.5. The van der Waals surface area contributed by atoms with E-state index in [4.69, 9.17) is 9.47 Å². The summed E-state index contributed by atoms with van der Waals surface area (Å²) in [5.41, 5.74) is 1.82. The third-order valence-corrected chi connectivity index (χ3v) is 5.23. The lowest BCUT2D eigenvalue weighted by atomic mass is 10.2.